The molecule has 0 spiro atoms. The summed E-state index contributed by atoms with van der Waals surface area (Å²) in [5.74, 6) is -1.27. The number of amides is 2. The van der Waals surface area contributed by atoms with Crippen LogP contribution in [0, 0.1) is 0 Å². The van der Waals surface area contributed by atoms with Gasteiger partial charge in [-0.05, 0) is 13.8 Å². The molecule has 0 aliphatic carbocycles. The second-order valence-corrected chi connectivity index (χ2v) is 3.80. The topological polar surface area (TPSA) is 99.1 Å². The van der Waals surface area contributed by atoms with E-state index in [2.05, 4.69) is 5.32 Å². The molecule has 2 amide bonds. The van der Waals surface area contributed by atoms with Crippen molar-refractivity contribution >= 4 is 12.0 Å². The van der Waals surface area contributed by atoms with Crippen LogP contribution in [0.5, 0.6) is 0 Å². The molecule has 17 heavy (non-hydrogen) atoms. The third kappa shape index (κ3) is 5.50. The average molecular weight is 248 g/mol. The van der Waals surface area contributed by atoms with E-state index < -0.39 is 24.6 Å². The van der Waals surface area contributed by atoms with Crippen molar-refractivity contribution in [2.45, 2.75) is 25.9 Å². The number of ether oxygens (including phenoxy) is 1. The van der Waals surface area contributed by atoms with Crippen molar-refractivity contribution in [2.75, 3.05) is 26.9 Å². The van der Waals surface area contributed by atoms with Crippen LogP contribution in [-0.2, 0) is 9.53 Å². The van der Waals surface area contributed by atoms with E-state index in [-0.39, 0.29) is 6.04 Å². The Labute approximate surface area is 100 Å². The van der Waals surface area contributed by atoms with Gasteiger partial charge in [0, 0.05) is 19.7 Å². The van der Waals surface area contributed by atoms with E-state index in [0.717, 1.165) is 0 Å². The number of nitrogens with zero attached hydrogens (tertiary/aromatic N) is 1. The van der Waals surface area contributed by atoms with Gasteiger partial charge in [-0.15, -0.1) is 0 Å². The summed E-state index contributed by atoms with van der Waals surface area (Å²) in [7, 11) is 1.52. The van der Waals surface area contributed by atoms with Crippen LogP contribution < -0.4 is 5.32 Å². The Balaban J connectivity index is 4.45. The number of aliphatic hydroxyl groups excluding tert-OH is 1. The molecule has 1 atom stereocenters. The van der Waals surface area contributed by atoms with E-state index in [9.17, 15) is 9.59 Å². The molecule has 3 N–H and O–H groups in total. The number of carboxylic acids is 1. The minimum Gasteiger partial charge on any atom is -0.480 e. The molecule has 0 unspecified atom stereocenters. The first-order valence-corrected chi connectivity index (χ1v) is 5.33. The predicted molar refractivity (Wildman–Crippen MR) is 60.8 cm³/mol. The minimum absolute atomic E-state index is 0.0849. The van der Waals surface area contributed by atoms with Gasteiger partial charge < -0.3 is 25.2 Å². The number of aliphatic hydroxyl groups is 1. The lowest BCUT2D eigenvalue weighted by Crippen LogP contribution is -2.52. The van der Waals surface area contributed by atoms with Crippen LogP contribution in [0.2, 0.25) is 0 Å². The van der Waals surface area contributed by atoms with Gasteiger partial charge in [-0.1, -0.05) is 0 Å². The van der Waals surface area contributed by atoms with E-state index in [1.165, 1.54) is 12.0 Å². The summed E-state index contributed by atoms with van der Waals surface area (Å²) in [5.41, 5.74) is 0. The highest BCUT2D eigenvalue weighted by atomic mass is 16.5. The Morgan fingerprint density at radius 1 is 1.41 bits per heavy atom. The number of carbonyl (C=O) groups excluding carboxylic acids is 1. The number of urea groups is 1. The smallest absolute Gasteiger partial charge is 0.328 e. The zero-order valence-electron chi connectivity index (χ0n) is 10.3. The lowest BCUT2D eigenvalue weighted by atomic mass is 10.3. The van der Waals surface area contributed by atoms with Gasteiger partial charge in [0.25, 0.3) is 0 Å². The van der Waals surface area contributed by atoms with Crippen LogP contribution in [0.15, 0.2) is 0 Å². The van der Waals surface area contributed by atoms with E-state index in [1.54, 1.807) is 0 Å². The first kappa shape index (κ1) is 15.7. The van der Waals surface area contributed by atoms with Gasteiger partial charge in [-0.3, -0.25) is 0 Å². The lowest BCUT2D eigenvalue weighted by Gasteiger charge is -2.27. The van der Waals surface area contributed by atoms with Gasteiger partial charge in [-0.2, -0.15) is 0 Å². The summed E-state index contributed by atoms with van der Waals surface area (Å²) in [6, 6.07) is -1.90. The fourth-order valence-electron chi connectivity index (χ4n) is 1.20. The normalized spacial score (nSPS) is 12.3. The van der Waals surface area contributed by atoms with Crippen molar-refractivity contribution in [2.24, 2.45) is 0 Å². The van der Waals surface area contributed by atoms with Crippen LogP contribution >= 0.6 is 0 Å². The molecule has 7 nitrogen and oxygen atoms in total. The third-order valence-electron chi connectivity index (χ3n) is 2.20. The molecule has 0 aliphatic rings. The monoisotopic (exact) mass is 248 g/mol. The van der Waals surface area contributed by atoms with Crippen LogP contribution in [-0.4, -0.2) is 66.1 Å². The number of carboxylic acid groups (broad SMARTS) is 1. The van der Waals surface area contributed by atoms with Crippen molar-refractivity contribution in [1.82, 2.24) is 10.2 Å². The number of rotatable bonds is 7. The van der Waals surface area contributed by atoms with Crippen molar-refractivity contribution in [3.05, 3.63) is 0 Å². The fourth-order valence-corrected chi connectivity index (χ4v) is 1.20. The summed E-state index contributed by atoms with van der Waals surface area (Å²) in [6.45, 7) is 3.70. The first-order valence-electron chi connectivity index (χ1n) is 5.33. The number of aliphatic carboxylic acids is 1. The third-order valence-corrected chi connectivity index (χ3v) is 2.20. The molecule has 0 aliphatic heterocycles. The summed E-state index contributed by atoms with van der Waals surface area (Å²) in [4.78, 5) is 23.8. The van der Waals surface area contributed by atoms with Crippen molar-refractivity contribution in [1.29, 1.82) is 0 Å². The Bertz CT molecular complexity index is 257. The molecule has 0 saturated carbocycles. The van der Waals surface area contributed by atoms with Gasteiger partial charge in [0.2, 0.25) is 0 Å². The van der Waals surface area contributed by atoms with E-state index in [0.29, 0.717) is 13.2 Å². The molecule has 0 bridgehead atoms. The van der Waals surface area contributed by atoms with Crippen molar-refractivity contribution in [3.63, 3.8) is 0 Å². The first-order chi connectivity index (χ1) is 7.93. The lowest BCUT2D eigenvalue weighted by molar-refractivity contribution is -0.140. The second kappa shape index (κ2) is 7.86. The number of methoxy groups -OCH3 is 1. The number of hydrogen-bond donors (Lipinski definition) is 3. The molecule has 0 rings (SSSR count). The highest BCUT2D eigenvalue weighted by Gasteiger charge is 2.23. The highest BCUT2D eigenvalue weighted by Crippen LogP contribution is 1.99. The summed E-state index contributed by atoms with van der Waals surface area (Å²) < 4.78 is 4.86. The molecule has 100 valence electrons. The SMILES string of the molecule is COCCN(C(=O)N[C@@H](CO)C(=O)O)C(C)C. The minimum atomic E-state index is -1.29. The van der Waals surface area contributed by atoms with E-state index in [1.807, 2.05) is 13.8 Å². The van der Waals surface area contributed by atoms with Gasteiger partial charge >= 0.3 is 12.0 Å². The van der Waals surface area contributed by atoms with Gasteiger partial charge in [0.05, 0.1) is 13.2 Å². The summed E-state index contributed by atoms with van der Waals surface area (Å²) in [5, 5.41) is 19.7. The van der Waals surface area contributed by atoms with Gasteiger partial charge in [0.1, 0.15) is 0 Å². The Hall–Kier alpha value is -1.34. The second-order valence-electron chi connectivity index (χ2n) is 3.80. The molecule has 0 aromatic carbocycles. The molecular formula is C10H20N2O5. The summed E-state index contributed by atoms with van der Waals surface area (Å²) in [6.07, 6.45) is 0. The molecule has 0 saturated heterocycles. The molecule has 0 radical (unpaired) electrons. The Morgan fingerprint density at radius 2 is 2.00 bits per heavy atom. The average Bonchev–Trinajstić information content (AvgIpc) is 2.25. The Kier molecular flexibility index (Phi) is 7.24. The van der Waals surface area contributed by atoms with Crippen LogP contribution in [0.3, 0.4) is 0 Å². The fraction of sp³-hybridized carbons (Fsp3) is 0.800. The van der Waals surface area contributed by atoms with E-state index in [4.69, 9.17) is 14.9 Å². The molecule has 0 aromatic rings. The zero-order valence-corrected chi connectivity index (χ0v) is 10.3. The van der Waals surface area contributed by atoms with Crippen LogP contribution in [0.4, 0.5) is 4.79 Å². The maximum atomic E-state index is 11.7. The van der Waals surface area contributed by atoms with Crippen molar-refractivity contribution < 1.29 is 24.5 Å². The Morgan fingerprint density at radius 3 is 2.35 bits per heavy atom. The molecule has 0 fully saturated rings. The number of nitrogens with one attached hydrogen (secondary N) is 1. The van der Waals surface area contributed by atoms with Crippen LogP contribution in [0.25, 0.3) is 0 Å². The molecule has 0 heterocycles. The maximum Gasteiger partial charge on any atom is 0.328 e. The number of carbonyl (C=O) groups is 2. The zero-order chi connectivity index (χ0) is 13.4. The standard InChI is InChI=1S/C10H20N2O5/c1-7(2)12(4-5-17-3)10(16)11-8(6-13)9(14)15/h7-8,13H,4-6H2,1-3H3,(H,11,16)(H,14,15)/t8-/m0/s1. The van der Waals surface area contributed by atoms with Gasteiger partial charge in [0.15, 0.2) is 6.04 Å². The van der Waals surface area contributed by atoms with E-state index >= 15 is 0 Å². The largest absolute Gasteiger partial charge is 0.480 e. The van der Waals surface area contributed by atoms with Gasteiger partial charge in [-0.25, -0.2) is 9.59 Å². The number of hydrogen-bond acceptors (Lipinski definition) is 4. The maximum absolute atomic E-state index is 11.7. The molecular weight excluding hydrogens is 228 g/mol. The molecule has 0 aromatic heterocycles. The van der Waals surface area contributed by atoms with Crippen LogP contribution in [0.1, 0.15) is 13.8 Å². The van der Waals surface area contributed by atoms with Crippen molar-refractivity contribution in [3.8, 4) is 0 Å². The highest BCUT2D eigenvalue weighted by molar-refractivity contribution is 5.82. The summed E-state index contributed by atoms with van der Waals surface area (Å²) >= 11 is 0. The predicted octanol–water partition coefficient (Wildman–Crippen LogP) is -0.502. The quantitative estimate of drug-likeness (QED) is 0.564. The molecule has 7 heteroatoms.